The van der Waals surface area contributed by atoms with E-state index in [0.717, 1.165) is 11.5 Å². The van der Waals surface area contributed by atoms with Crippen molar-refractivity contribution in [3.8, 4) is 0 Å². The van der Waals surface area contributed by atoms with Gasteiger partial charge < -0.3 is 10.6 Å². The molecule has 148 valence electrons. The van der Waals surface area contributed by atoms with E-state index >= 15 is 0 Å². The van der Waals surface area contributed by atoms with Crippen molar-refractivity contribution in [1.29, 1.82) is 0 Å². The van der Waals surface area contributed by atoms with Gasteiger partial charge >= 0.3 is 0 Å². The number of rotatable bonds is 7. The molecule has 3 N–H and O–H groups in total. The number of hydrogen-bond acceptors (Lipinski definition) is 5. The van der Waals surface area contributed by atoms with Gasteiger partial charge in [0, 0.05) is 31.4 Å². The quantitative estimate of drug-likeness (QED) is 0.298. The SMILES string of the molecule is CN=C(NCCNS(=O)(=O)c1cccc(Cl)c1)NCc1nnc2ccccn12. The molecule has 28 heavy (non-hydrogen) atoms. The number of aromatic nitrogens is 3. The first-order valence-corrected chi connectivity index (χ1v) is 10.3. The van der Waals surface area contributed by atoms with E-state index in [1.165, 1.54) is 12.1 Å². The second-order valence-corrected chi connectivity index (χ2v) is 7.96. The van der Waals surface area contributed by atoms with Crippen molar-refractivity contribution in [1.82, 2.24) is 30.0 Å². The van der Waals surface area contributed by atoms with Crippen molar-refractivity contribution in [2.24, 2.45) is 4.99 Å². The number of aliphatic imine (C=N–C) groups is 1. The van der Waals surface area contributed by atoms with Gasteiger partial charge in [0.15, 0.2) is 17.4 Å². The van der Waals surface area contributed by atoms with Crippen LogP contribution < -0.4 is 15.4 Å². The standard InChI is InChI=1S/C17H20ClN7O2S/c1-19-17(21-12-16-24-23-15-7-2-3-10-25(15)16)20-8-9-22-28(26,27)14-6-4-5-13(18)11-14/h2-7,10-11,22H,8-9,12H2,1H3,(H2,19,20,21). The van der Waals surface area contributed by atoms with Crippen molar-refractivity contribution < 1.29 is 8.42 Å². The van der Waals surface area contributed by atoms with Crippen LogP contribution in [0.4, 0.5) is 0 Å². The molecule has 1 aromatic carbocycles. The zero-order chi connectivity index (χ0) is 20.0. The van der Waals surface area contributed by atoms with Gasteiger partial charge in [-0.25, -0.2) is 13.1 Å². The average Bonchev–Trinajstić information content (AvgIpc) is 3.11. The molecule has 3 aromatic rings. The molecule has 0 unspecified atom stereocenters. The number of hydrogen-bond donors (Lipinski definition) is 3. The van der Waals surface area contributed by atoms with E-state index in [-0.39, 0.29) is 11.4 Å². The zero-order valence-corrected chi connectivity index (χ0v) is 16.7. The summed E-state index contributed by atoms with van der Waals surface area (Å²) in [7, 11) is -1.98. The number of fused-ring (bicyclic) bond motifs is 1. The molecule has 0 bridgehead atoms. The summed E-state index contributed by atoms with van der Waals surface area (Å²) in [6.07, 6.45) is 1.88. The molecule has 0 fully saturated rings. The Hall–Kier alpha value is -2.69. The fourth-order valence-electron chi connectivity index (χ4n) is 2.48. The van der Waals surface area contributed by atoms with Gasteiger partial charge in [0.1, 0.15) is 0 Å². The lowest BCUT2D eigenvalue weighted by molar-refractivity contribution is 0.580. The van der Waals surface area contributed by atoms with Crippen LogP contribution in [-0.4, -0.2) is 49.1 Å². The molecular formula is C17H20ClN7O2S. The van der Waals surface area contributed by atoms with Crippen LogP contribution in [0.3, 0.4) is 0 Å². The van der Waals surface area contributed by atoms with Crippen molar-refractivity contribution >= 4 is 33.2 Å². The van der Waals surface area contributed by atoms with Gasteiger partial charge in [-0.05, 0) is 30.3 Å². The molecule has 0 saturated carbocycles. The van der Waals surface area contributed by atoms with Crippen LogP contribution in [0.5, 0.6) is 0 Å². The van der Waals surface area contributed by atoms with Crippen molar-refractivity contribution in [2.45, 2.75) is 11.4 Å². The Bertz CT molecular complexity index is 1080. The summed E-state index contributed by atoms with van der Waals surface area (Å²) in [4.78, 5) is 4.24. The Morgan fingerprint density at radius 1 is 1.14 bits per heavy atom. The number of benzene rings is 1. The molecule has 0 aliphatic carbocycles. The Labute approximate surface area is 167 Å². The maximum atomic E-state index is 12.2. The highest BCUT2D eigenvalue weighted by Gasteiger charge is 2.13. The highest BCUT2D eigenvalue weighted by Crippen LogP contribution is 2.14. The molecular weight excluding hydrogens is 402 g/mol. The molecule has 2 heterocycles. The molecule has 3 rings (SSSR count). The van der Waals surface area contributed by atoms with E-state index in [2.05, 4.69) is 30.5 Å². The molecule has 0 amide bonds. The first-order chi connectivity index (χ1) is 13.5. The first kappa shape index (κ1) is 20.1. The maximum Gasteiger partial charge on any atom is 0.240 e. The second kappa shape index (κ2) is 9.00. The predicted octanol–water partition coefficient (Wildman–Crippen LogP) is 1.03. The highest BCUT2D eigenvalue weighted by atomic mass is 35.5. The molecule has 0 aliphatic rings. The van der Waals surface area contributed by atoms with Gasteiger partial charge in [-0.1, -0.05) is 23.7 Å². The summed E-state index contributed by atoms with van der Waals surface area (Å²) in [5, 5.41) is 14.8. The second-order valence-electron chi connectivity index (χ2n) is 5.75. The number of sulfonamides is 1. The molecule has 0 spiro atoms. The van der Waals surface area contributed by atoms with Crippen LogP contribution in [0, 0.1) is 0 Å². The zero-order valence-electron chi connectivity index (χ0n) is 15.1. The number of nitrogens with zero attached hydrogens (tertiary/aromatic N) is 4. The van der Waals surface area contributed by atoms with E-state index in [4.69, 9.17) is 11.6 Å². The fraction of sp³-hybridized carbons (Fsp3) is 0.235. The van der Waals surface area contributed by atoms with Gasteiger partial charge in [-0.15, -0.1) is 10.2 Å². The monoisotopic (exact) mass is 421 g/mol. The summed E-state index contributed by atoms with van der Waals surface area (Å²) in [5.41, 5.74) is 0.762. The molecule has 0 radical (unpaired) electrons. The number of pyridine rings is 1. The lowest BCUT2D eigenvalue weighted by atomic mass is 10.4. The van der Waals surface area contributed by atoms with Crippen LogP contribution >= 0.6 is 11.6 Å². The van der Waals surface area contributed by atoms with Crippen LogP contribution in [-0.2, 0) is 16.6 Å². The molecule has 0 atom stereocenters. The number of guanidine groups is 1. The average molecular weight is 422 g/mol. The van der Waals surface area contributed by atoms with Gasteiger partial charge in [0.2, 0.25) is 10.0 Å². The van der Waals surface area contributed by atoms with Crippen molar-refractivity contribution in [3.05, 3.63) is 59.5 Å². The minimum Gasteiger partial charge on any atom is -0.355 e. The third-order valence-electron chi connectivity index (χ3n) is 3.84. The predicted molar refractivity (Wildman–Crippen MR) is 108 cm³/mol. The normalized spacial score (nSPS) is 12.3. The van der Waals surface area contributed by atoms with Crippen LogP contribution in [0.25, 0.3) is 5.65 Å². The topological polar surface area (TPSA) is 113 Å². The lowest BCUT2D eigenvalue weighted by Gasteiger charge is -2.12. The van der Waals surface area contributed by atoms with Gasteiger partial charge in [-0.3, -0.25) is 9.39 Å². The maximum absolute atomic E-state index is 12.2. The van der Waals surface area contributed by atoms with E-state index in [1.807, 2.05) is 28.8 Å². The Balaban J connectivity index is 1.48. The lowest BCUT2D eigenvalue weighted by Crippen LogP contribution is -2.41. The van der Waals surface area contributed by atoms with E-state index in [1.54, 1.807) is 19.2 Å². The highest BCUT2D eigenvalue weighted by molar-refractivity contribution is 7.89. The minimum atomic E-state index is -3.62. The Morgan fingerprint density at radius 2 is 2.00 bits per heavy atom. The molecule has 11 heteroatoms. The molecule has 0 aliphatic heterocycles. The van der Waals surface area contributed by atoms with Gasteiger partial charge in [0.05, 0.1) is 11.4 Å². The van der Waals surface area contributed by atoms with Crippen LogP contribution in [0.1, 0.15) is 5.82 Å². The summed E-state index contributed by atoms with van der Waals surface area (Å²) in [6.45, 7) is 0.947. The number of halogens is 1. The van der Waals surface area contributed by atoms with Gasteiger partial charge in [0.25, 0.3) is 0 Å². The summed E-state index contributed by atoms with van der Waals surface area (Å²) < 4.78 is 28.9. The van der Waals surface area contributed by atoms with Crippen LogP contribution in [0.15, 0.2) is 58.5 Å². The largest absolute Gasteiger partial charge is 0.355 e. The van der Waals surface area contributed by atoms with Gasteiger partial charge in [-0.2, -0.15) is 0 Å². The number of nitrogens with one attached hydrogen (secondary N) is 3. The smallest absolute Gasteiger partial charge is 0.240 e. The Morgan fingerprint density at radius 3 is 2.79 bits per heavy atom. The third-order valence-corrected chi connectivity index (χ3v) is 5.53. The summed E-state index contributed by atoms with van der Waals surface area (Å²) >= 11 is 5.85. The molecule has 9 nitrogen and oxygen atoms in total. The third kappa shape index (κ3) is 4.97. The summed E-state index contributed by atoms with van der Waals surface area (Å²) in [6, 6.07) is 11.8. The summed E-state index contributed by atoms with van der Waals surface area (Å²) in [5.74, 6) is 1.26. The van der Waals surface area contributed by atoms with E-state index in [0.29, 0.717) is 24.1 Å². The van der Waals surface area contributed by atoms with E-state index in [9.17, 15) is 8.42 Å². The minimum absolute atomic E-state index is 0.126. The first-order valence-electron chi connectivity index (χ1n) is 8.48. The van der Waals surface area contributed by atoms with Crippen molar-refractivity contribution in [3.63, 3.8) is 0 Å². The van der Waals surface area contributed by atoms with E-state index < -0.39 is 10.0 Å². The molecule has 0 saturated heterocycles. The van der Waals surface area contributed by atoms with Crippen molar-refractivity contribution in [2.75, 3.05) is 20.1 Å². The Kier molecular flexibility index (Phi) is 6.45. The van der Waals surface area contributed by atoms with Crippen LogP contribution in [0.2, 0.25) is 5.02 Å². The molecule has 2 aromatic heterocycles. The fourth-order valence-corrected chi connectivity index (χ4v) is 3.81.